The van der Waals surface area contributed by atoms with Gasteiger partial charge in [0.05, 0.1) is 51.0 Å². The second-order valence-corrected chi connectivity index (χ2v) is 12.0. The van der Waals surface area contributed by atoms with E-state index >= 15 is 0 Å². The molecule has 0 aliphatic carbocycles. The quantitative estimate of drug-likeness (QED) is 0.210. The number of para-hydroxylation sites is 5. The molecule has 4 nitrogen and oxygen atoms in total. The number of hydrogen-bond acceptors (Lipinski definition) is 3. The predicted octanol–water partition coefficient (Wildman–Crippen LogP) is 10.3. The Labute approximate surface area is 262 Å². The van der Waals surface area contributed by atoms with E-state index in [1.807, 2.05) is 42.5 Å². The molecular formula is C41H28N4. The van der Waals surface area contributed by atoms with E-state index in [0.717, 1.165) is 55.7 Å². The summed E-state index contributed by atoms with van der Waals surface area (Å²) in [7, 11) is 0. The van der Waals surface area contributed by atoms with Gasteiger partial charge in [0.15, 0.2) is 0 Å². The highest BCUT2D eigenvalue weighted by atomic mass is 15.2. The number of anilines is 3. The molecule has 7 aromatic rings. The van der Waals surface area contributed by atoms with Crippen molar-refractivity contribution in [3.05, 3.63) is 156 Å². The maximum absolute atomic E-state index is 10.5. The van der Waals surface area contributed by atoms with Gasteiger partial charge in [-0.3, -0.25) is 0 Å². The highest BCUT2D eigenvalue weighted by Crippen LogP contribution is 2.53. The fraction of sp³-hybridized carbons (Fsp3) is 0.0732. The summed E-state index contributed by atoms with van der Waals surface area (Å²) in [4.78, 5) is 2.37. The van der Waals surface area contributed by atoms with Gasteiger partial charge in [0.25, 0.3) is 0 Å². The molecular weight excluding hydrogens is 548 g/mol. The second kappa shape index (κ2) is 9.98. The van der Waals surface area contributed by atoms with E-state index < -0.39 is 0 Å². The van der Waals surface area contributed by atoms with Crippen LogP contribution in [0.15, 0.2) is 133 Å². The summed E-state index contributed by atoms with van der Waals surface area (Å²) in [5, 5.41) is 22.2. The van der Waals surface area contributed by atoms with Gasteiger partial charge in [-0.05, 0) is 59.7 Å². The molecule has 45 heavy (non-hydrogen) atoms. The monoisotopic (exact) mass is 576 g/mol. The molecule has 0 spiro atoms. The lowest BCUT2D eigenvalue weighted by Crippen LogP contribution is -2.30. The molecule has 0 N–H and O–H groups in total. The van der Waals surface area contributed by atoms with Gasteiger partial charge >= 0.3 is 0 Å². The van der Waals surface area contributed by atoms with Gasteiger partial charge < -0.3 is 9.47 Å². The minimum atomic E-state index is -0.171. The van der Waals surface area contributed by atoms with Gasteiger partial charge in [0.1, 0.15) is 6.07 Å². The first-order chi connectivity index (χ1) is 22.0. The Morgan fingerprint density at radius 2 is 1.13 bits per heavy atom. The average Bonchev–Trinajstić information content (AvgIpc) is 3.41. The third kappa shape index (κ3) is 3.83. The highest BCUT2D eigenvalue weighted by molar-refractivity contribution is 6.10. The largest absolute Gasteiger partial charge is 0.309 e. The molecule has 0 fully saturated rings. The van der Waals surface area contributed by atoms with Crippen LogP contribution in [-0.2, 0) is 5.41 Å². The second-order valence-electron chi connectivity index (χ2n) is 12.0. The SMILES string of the molecule is CC1(C)c2ccccc2N(c2ccccc2-c2cccc(C#N)c2-n2c3ccccc3c3cc(C#N)ccc32)c2ccccc21. The molecule has 0 saturated heterocycles. The Kier molecular flexibility index (Phi) is 5.88. The molecule has 6 aromatic carbocycles. The minimum Gasteiger partial charge on any atom is -0.309 e. The van der Waals surface area contributed by atoms with Crippen LogP contribution >= 0.6 is 0 Å². The van der Waals surface area contributed by atoms with E-state index in [0.29, 0.717) is 11.1 Å². The van der Waals surface area contributed by atoms with E-state index in [2.05, 4.69) is 126 Å². The predicted molar refractivity (Wildman–Crippen MR) is 182 cm³/mol. The Balaban J connectivity index is 1.46. The molecule has 0 saturated carbocycles. The number of benzene rings is 6. The van der Waals surface area contributed by atoms with Gasteiger partial charge in [-0.1, -0.05) is 98.8 Å². The smallest absolute Gasteiger partial charge is 0.101 e. The summed E-state index contributed by atoms with van der Waals surface area (Å²) < 4.78 is 2.19. The molecule has 8 rings (SSSR count). The Morgan fingerprint density at radius 3 is 1.84 bits per heavy atom. The van der Waals surface area contributed by atoms with Crippen LogP contribution in [0, 0.1) is 22.7 Å². The molecule has 2 heterocycles. The third-order valence-corrected chi connectivity index (χ3v) is 9.25. The Hall–Kier alpha value is -6.10. The fourth-order valence-corrected chi connectivity index (χ4v) is 7.20. The van der Waals surface area contributed by atoms with Crippen molar-refractivity contribution in [3.63, 3.8) is 0 Å². The molecule has 212 valence electrons. The summed E-state index contributed by atoms with van der Waals surface area (Å²) in [5.74, 6) is 0. The Bertz CT molecular complexity index is 2350. The lowest BCUT2D eigenvalue weighted by molar-refractivity contribution is 0.632. The number of fused-ring (bicyclic) bond motifs is 5. The van der Waals surface area contributed by atoms with Crippen LogP contribution in [0.4, 0.5) is 17.1 Å². The lowest BCUT2D eigenvalue weighted by Gasteiger charge is -2.42. The highest BCUT2D eigenvalue weighted by Gasteiger charge is 2.37. The zero-order valence-corrected chi connectivity index (χ0v) is 25.0. The van der Waals surface area contributed by atoms with Gasteiger partial charge in [-0.25, -0.2) is 0 Å². The van der Waals surface area contributed by atoms with Crippen molar-refractivity contribution in [1.29, 1.82) is 10.5 Å². The summed E-state index contributed by atoms with van der Waals surface area (Å²) in [5.41, 5.74) is 11.6. The molecule has 0 amide bonds. The van der Waals surface area contributed by atoms with Crippen molar-refractivity contribution >= 4 is 38.9 Å². The van der Waals surface area contributed by atoms with Crippen molar-refractivity contribution in [1.82, 2.24) is 4.57 Å². The van der Waals surface area contributed by atoms with Crippen molar-refractivity contribution in [2.75, 3.05) is 4.90 Å². The van der Waals surface area contributed by atoms with Crippen molar-refractivity contribution in [2.45, 2.75) is 19.3 Å². The van der Waals surface area contributed by atoms with E-state index in [4.69, 9.17) is 0 Å². The maximum Gasteiger partial charge on any atom is 0.101 e. The molecule has 1 aliphatic rings. The van der Waals surface area contributed by atoms with E-state index in [1.54, 1.807) is 0 Å². The maximum atomic E-state index is 10.5. The van der Waals surface area contributed by atoms with Crippen LogP contribution in [0.5, 0.6) is 0 Å². The summed E-state index contributed by atoms with van der Waals surface area (Å²) in [6.07, 6.45) is 0. The van der Waals surface area contributed by atoms with Crippen LogP contribution < -0.4 is 4.90 Å². The minimum absolute atomic E-state index is 0.171. The molecule has 0 radical (unpaired) electrons. The zero-order chi connectivity index (χ0) is 30.7. The van der Waals surface area contributed by atoms with E-state index in [9.17, 15) is 10.5 Å². The standard InChI is InChI=1S/C41H28N4/c1-41(2)33-16-5-9-20-38(33)44(39-21-10-6-17-34(39)41)35-18-7-3-13-29(35)31-15-11-12-28(26-43)40(31)45-36-19-8-4-14-30(36)32-24-27(25-42)22-23-37(32)45/h3-24H,1-2H3. The van der Waals surface area contributed by atoms with E-state index in [-0.39, 0.29) is 5.41 Å². The van der Waals surface area contributed by atoms with Crippen LogP contribution in [-0.4, -0.2) is 4.57 Å². The first-order valence-corrected chi connectivity index (χ1v) is 15.1. The average molecular weight is 577 g/mol. The molecule has 0 unspecified atom stereocenters. The molecule has 1 aromatic heterocycles. The van der Waals surface area contributed by atoms with Gasteiger partial charge in [-0.2, -0.15) is 10.5 Å². The number of hydrogen-bond donors (Lipinski definition) is 0. The van der Waals surface area contributed by atoms with Crippen LogP contribution in [0.3, 0.4) is 0 Å². The van der Waals surface area contributed by atoms with Gasteiger partial charge in [-0.15, -0.1) is 0 Å². The first kappa shape index (κ1) is 26.5. The number of aromatic nitrogens is 1. The summed E-state index contributed by atoms with van der Waals surface area (Å²) >= 11 is 0. The van der Waals surface area contributed by atoms with Crippen molar-refractivity contribution in [3.8, 4) is 29.0 Å². The fourth-order valence-electron chi connectivity index (χ4n) is 7.20. The zero-order valence-electron chi connectivity index (χ0n) is 25.0. The topological polar surface area (TPSA) is 55.8 Å². The van der Waals surface area contributed by atoms with Crippen molar-refractivity contribution < 1.29 is 0 Å². The lowest BCUT2D eigenvalue weighted by atomic mass is 9.73. The molecule has 0 atom stereocenters. The van der Waals surface area contributed by atoms with E-state index in [1.165, 1.54) is 11.1 Å². The van der Waals surface area contributed by atoms with Crippen LogP contribution in [0.2, 0.25) is 0 Å². The van der Waals surface area contributed by atoms with Crippen LogP contribution in [0.1, 0.15) is 36.1 Å². The molecule has 0 bridgehead atoms. The van der Waals surface area contributed by atoms with Crippen LogP contribution in [0.25, 0.3) is 38.6 Å². The summed E-state index contributed by atoms with van der Waals surface area (Å²) in [6.45, 7) is 4.59. The molecule has 1 aliphatic heterocycles. The Morgan fingerprint density at radius 1 is 0.533 bits per heavy atom. The number of nitrogens with zero attached hydrogens (tertiary/aromatic N) is 4. The van der Waals surface area contributed by atoms with Crippen molar-refractivity contribution in [2.24, 2.45) is 0 Å². The normalized spacial score (nSPS) is 13.2. The summed E-state index contributed by atoms with van der Waals surface area (Å²) in [6, 6.07) is 50.6. The first-order valence-electron chi connectivity index (χ1n) is 15.1. The third-order valence-electron chi connectivity index (χ3n) is 9.25. The number of nitriles is 2. The van der Waals surface area contributed by atoms with Gasteiger partial charge in [0, 0.05) is 27.3 Å². The number of rotatable bonds is 3. The molecule has 4 heteroatoms. The van der Waals surface area contributed by atoms with Gasteiger partial charge in [0.2, 0.25) is 0 Å².